The van der Waals surface area contributed by atoms with Crippen LogP contribution in [0.2, 0.25) is 0 Å². The zero-order chi connectivity index (χ0) is 52.9. The van der Waals surface area contributed by atoms with Crippen LogP contribution in [0.1, 0.15) is 0 Å². The lowest BCUT2D eigenvalue weighted by molar-refractivity contribution is 1.13. The highest BCUT2D eigenvalue weighted by Gasteiger charge is 2.21. The average Bonchev–Trinajstić information content (AvgIpc) is 4.18. The number of rotatable bonds is 10. The molecule has 15 aromatic rings. The zero-order valence-electron chi connectivity index (χ0n) is 43.4. The van der Waals surface area contributed by atoms with Crippen LogP contribution in [0.3, 0.4) is 0 Å². The third kappa shape index (κ3) is 8.05. The van der Waals surface area contributed by atoms with Crippen molar-refractivity contribution in [3.05, 3.63) is 292 Å². The van der Waals surface area contributed by atoms with Gasteiger partial charge in [0.05, 0.1) is 44.8 Å². The van der Waals surface area contributed by atoms with Crippen LogP contribution >= 0.6 is 0 Å². The molecule has 0 bridgehead atoms. The van der Waals surface area contributed by atoms with Crippen molar-refractivity contribution in [3.63, 3.8) is 0 Å². The lowest BCUT2D eigenvalue weighted by atomic mass is 9.94. The highest BCUT2D eigenvalue weighted by atomic mass is 15.0. The molecule has 0 aliphatic rings. The zero-order valence-corrected chi connectivity index (χ0v) is 43.4. The van der Waals surface area contributed by atoms with Gasteiger partial charge in [-0.25, -0.2) is 0 Å². The Morgan fingerprint density at radius 3 is 0.700 bits per heavy atom. The maximum absolute atomic E-state index is 4.79. The fourth-order valence-corrected chi connectivity index (χ4v) is 12.0. The van der Waals surface area contributed by atoms with E-state index >= 15 is 0 Å². The summed E-state index contributed by atoms with van der Waals surface area (Å²) in [5.41, 5.74) is 23.7. The topological polar surface area (TPSA) is 61.4 Å². The molecule has 0 radical (unpaired) electrons. The van der Waals surface area contributed by atoms with Gasteiger partial charge < -0.3 is 9.13 Å². The smallest absolute Gasteiger partial charge is 0.0708 e. The largest absolute Gasteiger partial charge is 0.309 e. The van der Waals surface area contributed by atoms with Crippen LogP contribution in [0, 0.1) is 0 Å². The maximum Gasteiger partial charge on any atom is 0.0708 e. The molecule has 6 heteroatoms. The third-order valence-electron chi connectivity index (χ3n) is 15.6. The van der Waals surface area contributed by atoms with Gasteiger partial charge in [-0.2, -0.15) is 0 Å². The highest BCUT2D eigenvalue weighted by Crippen LogP contribution is 2.44. The SMILES string of the molecule is c1ccc(-c2ccccc2-c2ccc3c(c2)c2cc(-c4ccccc4-c4ccccn4)ccc2n3-c2cccc(-n3c4ccc(-c5ccccc5-c5ccccn5)cc4c4cc(-c5ccccc5-c5ccccn5)ccc43)c2)nc1. The molecule has 80 heavy (non-hydrogen) atoms. The molecule has 9 aromatic carbocycles. The van der Waals surface area contributed by atoms with Crippen molar-refractivity contribution in [2.45, 2.75) is 0 Å². The summed E-state index contributed by atoms with van der Waals surface area (Å²) in [6.07, 6.45) is 7.46. The van der Waals surface area contributed by atoms with Crippen LogP contribution in [0.15, 0.2) is 292 Å². The Hall–Kier alpha value is -10.8. The molecule has 0 unspecified atom stereocenters. The van der Waals surface area contributed by atoms with Crippen molar-refractivity contribution < 1.29 is 0 Å². The van der Waals surface area contributed by atoms with E-state index in [9.17, 15) is 0 Å². The summed E-state index contributed by atoms with van der Waals surface area (Å²) in [5.74, 6) is 0. The molecule has 0 aliphatic carbocycles. The summed E-state index contributed by atoms with van der Waals surface area (Å²) in [6, 6.07) is 95.5. The summed E-state index contributed by atoms with van der Waals surface area (Å²) in [6.45, 7) is 0. The predicted molar refractivity (Wildman–Crippen MR) is 330 cm³/mol. The fourth-order valence-electron chi connectivity index (χ4n) is 12.0. The Kier molecular flexibility index (Phi) is 11.4. The van der Waals surface area contributed by atoms with Gasteiger partial charge in [0.1, 0.15) is 0 Å². The van der Waals surface area contributed by atoms with Crippen molar-refractivity contribution >= 4 is 43.6 Å². The quantitative estimate of drug-likeness (QED) is 0.137. The molecule has 0 N–H and O–H groups in total. The second-order valence-corrected chi connectivity index (χ2v) is 20.2. The van der Waals surface area contributed by atoms with Crippen LogP contribution in [0.4, 0.5) is 0 Å². The van der Waals surface area contributed by atoms with Crippen molar-refractivity contribution in [2.24, 2.45) is 0 Å². The Labute approximate surface area is 462 Å². The van der Waals surface area contributed by atoms with Crippen molar-refractivity contribution in [3.8, 4) is 101 Å². The third-order valence-corrected chi connectivity index (χ3v) is 15.6. The van der Waals surface area contributed by atoms with Gasteiger partial charge in [0.2, 0.25) is 0 Å². The number of nitrogens with zero attached hydrogens (tertiary/aromatic N) is 6. The monoisotopic (exact) mass is 1020 g/mol. The van der Waals surface area contributed by atoms with E-state index in [0.717, 1.165) is 145 Å². The summed E-state index contributed by atoms with van der Waals surface area (Å²) in [5, 5.41) is 4.63. The first-order valence-electron chi connectivity index (χ1n) is 27.0. The molecule has 15 rings (SSSR count). The molecule has 0 saturated heterocycles. The van der Waals surface area contributed by atoms with E-state index < -0.39 is 0 Å². The normalized spacial score (nSPS) is 11.5. The molecule has 6 aromatic heterocycles. The number of hydrogen-bond acceptors (Lipinski definition) is 4. The first-order valence-corrected chi connectivity index (χ1v) is 27.0. The van der Waals surface area contributed by atoms with Crippen LogP contribution in [0.25, 0.3) is 145 Å². The molecule has 6 heterocycles. The lowest BCUT2D eigenvalue weighted by Gasteiger charge is -2.14. The molecule has 0 aliphatic heterocycles. The Bertz CT molecular complexity index is 4230. The van der Waals surface area contributed by atoms with E-state index in [1.165, 1.54) is 0 Å². The molecule has 0 spiro atoms. The number of hydrogen-bond donors (Lipinski definition) is 0. The van der Waals surface area contributed by atoms with Gasteiger partial charge in [-0.3, -0.25) is 19.9 Å². The number of aromatic nitrogens is 6. The van der Waals surface area contributed by atoms with Crippen LogP contribution in [0.5, 0.6) is 0 Å². The van der Waals surface area contributed by atoms with Crippen molar-refractivity contribution in [1.29, 1.82) is 0 Å². The minimum atomic E-state index is 0.942. The minimum absolute atomic E-state index is 0.942. The standard InChI is InChI=1S/C74H48N6/c1-5-24-59(67-28-9-13-40-75-67)55(20-1)49-32-36-71-63(44-49)64-45-50(56-21-2-6-25-60(56)68-29-10-14-41-76-68)33-37-72(64)79(71)53-18-17-19-54(48-53)80-73-38-34-51(57-22-3-7-26-61(57)69-30-11-15-42-77-69)46-65(73)66-47-52(35-39-74(66)80)58-23-4-8-27-62(58)70-31-12-16-43-78-70/h1-48H. The molecule has 0 atom stereocenters. The van der Waals surface area contributed by atoms with E-state index in [4.69, 9.17) is 19.9 Å². The van der Waals surface area contributed by atoms with Gasteiger partial charge in [-0.1, -0.05) is 152 Å². The Morgan fingerprint density at radius 2 is 0.450 bits per heavy atom. The summed E-state index contributed by atoms with van der Waals surface area (Å²) in [7, 11) is 0. The van der Waals surface area contributed by atoms with Gasteiger partial charge in [0.15, 0.2) is 0 Å². The first-order chi connectivity index (χ1) is 39.7. The minimum Gasteiger partial charge on any atom is -0.309 e. The molecule has 6 nitrogen and oxygen atoms in total. The van der Waals surface area contributed by atoms with Gasteiger partial charge in [0.25, 0.3) is 0 Å². The lowest BCUT2D eigenvalue weighted by Crippen LogP contribution is -1.99. The van der Waals surface area contributed by atoms with Gasteiger partial charge in [-0.15, -0.1) is 0 Å². The average molecular weight is 1020 g/mol. The molecular weight excluding hydrogens is 973 g/mol. The number of fused-ring (bicyclic) bond motifs is 6. The number of pyridine rings is 4. The second-order valence-electron chi connectivity index (χ2n) is 20.2. The van der Waals surface area contributed by atoms with Gasteiger partial charge in [-0.05, 0) is 160 Å². The van der Waals surface area contributed by atoms with E-state index in [1.807, 2.05) is 49.1 Å². The first kappa shape index (κ1) is 46.5. The van der Waals surface area contributed by atoms with Crippen LogP contribution in [-0.4, -0.2) is 29.1 Å². The van der Waals surface area contributed by atoms with Crippen LogP contribution < -0.4 is 0 Å². The fraction of sp³-hybridized carbons (Fsp3) is 0. The van der Waals surface area contributed by atoms with E-state index in [1.54, 1.807) is 0 Å². The molecule has 0 saturated carbocycles. The van der Waals surface area contributed by atoms with Gasteiger partial charge >= 0.3 is 0 Å². The van der Waals surface area contributed by atoms with E-state index in [2.05, 4.69) is 252 Å². The molecule has 0 fully saturated rings. The molecule has 0 amide bonds. The van der Waals surface area contributed by atoms with Gasteiger partial charge in [0, 0.05) is 80.0 Å². The summed E-state index contributed by atoms with van der Waals surface area (Å²) < 4.78 is 4.87. The predicted octanol–water partition coefficient (Wildman–Crippen LogP) is 18.8. The maximum atomic E-state index is 4.79. The van der Waals surface area contributed by atoms with Crippen molar-refractivity contribution in [2.75, 3.05) is 0 Å². The highest BCUT2D eigenvalue weighted by molar-refractivity contribution is 6.14. The molecule has 374 valence electrons. The number of benzene rings is 9. The van der Waals surface area contributed by atoms with Crippen molar-refractivity contribution in [1.82, 2.24) is 29.1 Å². The Morgan fingerprint density at radius 1 is 0.200 bits per heavy atom. The summed E-state index contributed by atoms with van der Waals surface area (Å²) >= 11 is 0. The Balaban J connectivity index is 0.938. The summed E-state index contributed by atoms with van der Waals surface area (Å²) in [4.78, 5) is 19.1. The van der Waals surface area contributed by atoms with E-state index in [-0.39, 0.29) is 0 Å². The molecular formula is C74H48N6. The second kappa shape index (κ2) is 19.6. The van der Waals surface area contributed by atoms with Crippen LogP contribution in [-0.2, 0) is 0 Å². The van der Waals surface area contributed by atoms with E-state index in [0.29, 0.717) is 0 Å².